The largest absolute Gasteiger partial charge is 0.349 e. The molecule has 0 unspecified atom stereocenters. The summed E-state index contributed by atoms with van der Waals surface area (Å²) in [6, 6.07) is 17.6. The van der Waals surface area contributed by atoms with E-state index in [2.05, 4.69) is 34.6 Å². The van der Waals surface area contributed by atoms with E-state index in [9.17, 15) is 4.79 Å². The first-order chi connectivity index (χ1) is 13.6. The maximum atomic E-state index is 12.5. The Kier molecular flexibility index (Phi) is 7.12. The Morgan fingerprint density at radius 1 is 1.14 bits per heavy atom. The van der Waals surface area contributed by atoms with Gasteiger partial charge in [-0.05, 0) is 36.2 Å². The molecule has 0 aliphatic heterocycles. The number of thioether (sulfide) groups is 1. The average molecular weight is 415 g/mol. The molecule has 0 fully saturated rings. The highest BCUT2D eigenvalue weighted by Crippen LogP contribution is 2.24. The van der Waals surface area contributed by atoms with Crippen LogP contribution in [0.4, 0.5) is 0 Å². The highest BCUT2D eigenvalue weighted by molar-refractivity contribution is 7.99. The van der Waals surface area contributed by atoms with Crippen LogP contribution >= 0.6 is 23.4 Å². The summed E-state index contributed by atoms with van der Waals surface area (Å²) in [7, 11) is 1.90. The third-order valence-corrected chi connectivity index (χ3v) is 5.66. The number of hydrogen-bond acceptors (Lipinski definition) is 4. The molecule has 0 aliphatic carbocycles. The molecule has 0 saturated heterocycles. The van der Waals surface area contributed by atoms with Crippen molar-refractivity contribution in [2.24, 2.45) is 7.05 Å². The molecule has 0 spiro atoms. The van der Waals surface area contributed by atoms with Crippen LogP contribution in [0, 0.1) is 0 Å². The molecule has 0 saturated carbocycles. The predicted molar refractivity (Wildman–Crippen MR) is 114 cm³/mol. The molecule has 1 amide bonds. The van der Waals surface area contributed by atoms with Gasteiger partial charge in [0.25, 0.3) is 0 Å². The molecule has 3 rings (SSSR count). The van der Waals surface area contributed by atoms with E-state index < -0.39 is 0 Å². The Bertz CT molecular complexity index is 912. The van der Waals surface area contributed by atoms with E-state index in [1.807, 2.05) is 54.1 Å². The van der Waals surface area contributed by atoms with Crippen molar-refractivity contribution in [3.8, 4) is 11.4 Å². The smallest absolute Gasteiger partial charge is 0.230 e. The zero-order chi connectivity index (χ0) is 19.9. The fraction of sp³-hybridized carbons (Fsp3) is 0.286. The summed E-state index contributed by atoms with van der Waals surface area (Å²) in [5.74, 6) is 1.02. The van der Waals surface area contributed by atoms with Gasteiger partial charge < -0.3 is 9.88 Å². The minimum absolute atomic E-state index is 0.0108. The maximum absolute atomic E-state index is 12.5. The summed E-state index contributed by atoms with van der Waals surface area (Å²) < 4.78 is 1.89. The van der Waals surface area contributed by atoms with Crippen LogP contribution in [0.1, 0.15) is 31.4 Å². The molecular formula is C21H23ClN4OS. The summed E-state index contributed by atoms with van der Waals surface area (Å²) in [4.78, 5) is 12.5. The van der Waals surface area contributed by atoms with Crippen LogP contribution < -0.4 is 5.32 Å². The molecule has 28 heavy (non-hydrogen) atoms. The molecule has 5 nitrogen and oxygen atoms in total. The van der Waals surface area contributed by atoms with Crippen LogP contribution in [0.5, 0.6) is 0 Å². The summed E-state index contributed by atoms with van der Waals surface area (Å²) in [5.41, 5.74) is 2.06. The zero-order valence-electron chi connectivity index (χ0n) is 15.9. The second-order valence-electron chi connectivity index (χ2n) is 6.48. The first-order valence-corrected chi connectivity index (χ1v) is 10.6. The van der Waals surface area contributed by atoms with Gasteiger partial charge in [0.2, 0.25) is 5.91 Å². The number of amides is 1. The Morgan fingerprint density at radius 2 is 1.86 bits per heavy atom. The molecule has 0 bridgehead atoms. The standard InChI is InChI=1S/C21H23ClN4OS/c1-3-7-18(15-8-5-4-6-9-15)23-19(27)14-28-21-25-24-20(26(21)2)16-10-12-17(22)13-11-16/h4-6,8-13,18H,3,7,14H2,1-2H3,(H,23,27)/t18-/m1/s1. The number of halogens is 1. The minimum atomic E-state index is -0.0108. The summed E-state index contributed by atoms with van der Waals surface area (Å²) in [6.45, 7) is 2.12. The fourth-order valence-electron chi connectivity index (χ4n) is 2.95. The third-order valence-electron chi connectivity index (χ3n) is 4.38. The van der Waals surface area contributed by atoms with Gasteiger partial charge in [-0.3, -0.25) is 4.79 Å². The van der Waals surface area contributed by atoms with Crippen LogP contribution in [0.25, 0.3) is 11.4 Å². The van der Waals surface area contributed by atoms with Crippen molar-refractivity contribution in [1.29, 1.82) is 0 Å². The number of hydrogen-bond donors (Lipinski definition) is 1. The lowest BCUT2D eigenvalue weighted by molar-refractivity contribution is -0.119. The van der Waals surface area contributed by atoms with Gasteiger partial charge in [-0.1, -0.05) is 67.0 Å². The van der Waals surface area contributed by atoms with E-state index >= 15 is 0 Å². The highest BCUT2D eigenvalue weighted by Gasteiger charge is 2.16. The SMILES string of the molecule is CCC[C@@H](NC(=O)CSc1nnc(-c2ccc(Cl)cc2)n1C)c1ccccc1. The van der Waals surface area contributed by atoms with Gasteiger partial charge in [-0.15, -0.1) is 10.2 Å². The molecule has 0 aliphatic rings. The summed E-state index contributed by atoms with van der Waals surface area (Å²) >= 11 is 7.33. The topological polar surface area (TPSA) is 59.8 Å². The van der Waals surface area contributed by atoms with E-state index in [1.54, 1.807) is 0 Å². The van der Waals surface area contributed by atoms with Crippen molar-refractivity contribution in [1.82, 2.24) is 20.1 Å². The van der Waals surface area contributed by atoms with Crippen LogP contribution in [0.15, 0.2) is 59.8 Å². The second-order valence-corrected chi connectivity index (χ2v) is 7.86. The highest BCUT2D eigenvalue weighted by atomic mass is 35.5. The number of nitrogens with zero attached hydrogens (tertiary/aromatic N) is 3. The quantitative estimate of drug-likeness (QED) is 0.533. The Morgan fingerprint density at radius 3 is 2.54 bits per heavy atom. The molecule has 1 heterocycles. The molecule has 1 N–H and O–H groups in total. The lowest BCUT2D eigenvalue weighted by Crippen LogP contribution is -2.30. The first kappa shape index (κ1) is 20.4. The van der Waals surface area contributed by atoms with E-state index in [0.717, 1.165) is 29.8 Å². The molecule has 0 radical (unpaired) electrons. The number of carbonyl (C=O) groups excluding carboxylic acids is 1. The van der Waals surface area contributed by atoms with Gasteiger partial charge in [0.15, 0.2) is 11.0 Å². The van der Waals surface area contributed by atoms with Crippen LogP contribution in [0.3, 0.4) is 0 Å². The first-order valence-electron chi connectivity index (χ1n) is 9.21. The van der Waals surface area contributed by atoms with E-state index in [4.69, 9.17) is 11.6 Å². The van der Waals surface area contributed by atoms with Crippen molar-refractivity contribution >= 4 is 29.3 Å². The normalized spacial score (nSPS) is 12.0. The predicted octanol–water partition coefficient (Wildman–Crippen LogP) is 4.89. The van der Waals surface area contributed by atoms with Gasteiger partial charge in [-0.2, -0.15) is 0 Å². The van der Waals surface area contributed by atoms with Crippen molar-refractivity contribution in [3.05, 3.63) is 65.2 Å². The summed E-state index contributed by atoms with van der Waals surface area (Å²) in [6.07, 6.45) is 1.91. The van der Waals surface area contributed by atoms with E-state index in [0.29, 0.717) is 15.9 Å². The molecule has 146 valence electrons. The average Bonchev–Trinajstić information content (AvgIpc) is 3.08. The van der Waals surface area contributed by atoms with Crippen LogP contribution in [-0.4, -0.2) is 26.4 Å². The lowest BCUT2D eigenvalue weighted by atomic mass is 10.0. The van der Waals surface area contributed by atoms with Gasteiger partial charge in [-0.25, -0.2) is 0 Å². The van der Waals surface area contributed by atoms with Gasteiger partial charge in [0.1, 0.15) is 0 Å². The van der Waals surface area contributed by atoms with Gasteiger partial charge in [0, 0.05) is 17.6 Å². The fourth-order valence-corrected chi connectivity index (χ4v) is 3.80. The second kappa shape index (κ2) is 9.75. The number of aromatic nitrogens is 3. The van der Waals surface area contributed by atoms with Crippen LogP contribution in [0.2, 0.25) is 5.02 Å². The monoisotopic (exact) mass is 414 g/mol. The molecule has 1 atom stereocenters. The number of benzene rings is 2. The van der Waals surface area contributed by atoms with Crippen molar-refractivity contribution in [2.75, 3.05) is 5.75 Å². The van der Waals surface area contributed by atoms with Crippen molar-refractivity contribution in [2.45, 2.75) is 31.0 Å². The third kappa shape index (κ3) is 5.14. The van der Waals surface area contributed by atoms with Gasteiger partial charge >= 0.3 is 0 Å². The van der Waals surface area contributed by atoms with Crippen molar-refractivity contribution < 1.29 is 4.79 Å². The van der Waals surface area contributed by atoms with Crippen molar-refractivity contribution in [3.63, 3.8) is 0 Å². The Hall–Kier alpha value is -2.31. The van der Waals surface area contributed by atoms with Crippen LogP contribution in [-0.2, 0) is 11.8 Å². The number of carbonyl (C=O) groups is 1. The minimum Gasteiger partial charge on any atom is -0.349 e. The summed E-state index contributed by atoms with van der Waals surface area (Å²) in [5, 5.41) is 13.0. The molecule has 7 heteroatoms. The van der Waals surface area contributed by atoms with Gasteiger partial charge in [0.05, 0.1) is 11.8 Å². The zero-order valence-corrected chi connectivity index (χ0v) is 17.5. The lowest BCUT2D eigenvalue weighted by Gasteiger charge is -2.18. The molecular weight excluding hydrogens is 392 g/mol. The van der Waals surface area contributed by atoms with E-state index in [-0.39, 0.29) is 11.9 Å². The van der Waals surface area contributed by atoms with E-state index in [1.165, 1.54) is 11.8 Å². The molecule has 2 aromatic carbocycles. The Labute approximate surface area is 174 Å². The number of nitrogens with one attached hydrogen (secondary N) is 1. The molecule has 3 aromatic rings. The molecule has 1 aromatic heterocycles. The number of rotatable bonds is 8. The maximum Gasteiger partial charge on any atom is 0.230 e. The Balaban J connectivity index is 1.62.